The Kier molecular flexibility index (Phi) is 9.27. The number of fused-ring (bicyclic) bond motifs is 3. The molecule has 1 aromatic heterocycles. The van der Waals surface area contributed by atoms with Crippen molar-refractivity contribution in [1.29, 1.82) is 5.41 Å². The third kappa shape index (κ3) is 6.86. The van der Waals surface area contributed by atoms with Gasteiger partial charge in [0.1, 0.15) is 0 Å². The van der Waals surface area contributed by atoms with Crippen molar-refractivity contribution in [2.45, 2.75) is 19.3 Å². The van der Waals surface area contributed by atoms with Crippen LogP contribution in [-0.2, 0) is 5.41 Å². The van der Waals surface area contributed by atoms with Gasteiger partial charge in [-0.1, -0.05) is 172 Å². The van der Waals surface area contributed by atoms with E-state index in [1.54, 1.807) is 0 Å². The van der Waals surface area contributed by atoms with Gasteiger partial charge in [0.2, 0.25) is 0 Å². The van der Waals surface area contributed by atoms with Gasteiger partial charge in [0, 0.05) is 44.6 Å². The molecule has 1 heterocycles. The van der Waals surface area contributed by atoms with Crippen LogP contribution in [0.3, 0.4) is 0 Å². The predicted octanol–water partition coefficient (Wildman–Crippen LogP) is 13.7. The van der Waals surface area contributed by atoms with E-state index in [-0.39, 0.29) is 5.41 Å². The van der Waals surface area contributed by atoms with Crippen LogP contribution in [0.4, 0.5) is 11.4 Å². The van der Waals surface area contributed by atoms with Gasteiger partial charge in [-0.2, -0.15) is 0 Å². The molecule has 0 aliphatic heterocycles. The zero-order valence-corrected chi connectivity index (χ0v) is 33.4. The van der Waals surface area contributed by atoms with E-state index in [1.165, 1.54) is 22.3 Å². The molecule has 5 heteroatoms. The summed E-state index contributed by atoms with van der Waals surface area (Å²) in [6.07, 6.45) is 0. The molecule has 0 atom stereocenters. The molecule has 0 fully saturated rings. The Balaban J connectivity index is 0.993. The Hall–Kier alpha value is -7.76. The quantitative estimate of drug-likeness (QED) is 0.143. The van der Waals surface area contributed by atoms with Crippen molar-refractivity contribution in [2.75, 3.05) is 5.32 Å². The Labute approximate surface area is 350 Å². The molecule has 0 saturated carbocycles. The normalized spacial score (nSPS) is 12.4. The highest BCUT2D eigenvalue weighted by Gasteiger charge is 2.36. The minimum atomic E-state index is -0.283. The minimum absolute atomic E-state index is 0.283. The Morgan fingerprint density at radius 2 is 0.867 bits per heavy atom. The second-order valence-corrected chi connectivity index (χ2v) is 15.8. The number of hydrogen-bond donors (Lipinski definition) is 2. The third-order valence-corrected chi connectivity index (χ3v) is 11.6. The highest BCUT2D eigenvalue weighted by molar-refractivity contribution is 6.15. The lowest BCUT2D eigenvalue weighted by Gasteiger charge is -2.22. The molecule has 9 aromatic rings. The molecule has 1 aliphatic carbocycles. The summed E-state index contributed by atoms with van der Waals surface area (Å²) >= 11 is 0. The fourth-order valence-corrected chi connectivity index (χ4v) is 8.35. The molecule has 0 saturated heterocycles. The van der Waals surface area contributed by atoms with E-state index in [1.807, 2.05) is 115 Å². The van der Waals surface area contributed by atoms with Crippen LogP contribution in [0.15, 0.2) is 200 Å². The topological polar surface area (TPSA) is 74.6 Å². The molecular formula is C55H41N5. The molecule has 1 aliphatic rings. The summed E-state index contributed by atoms with van der Waals surface area (Å²) < 4.78 is 0. The van der Waals surface area contributed by atoms with Crippen LogP contribution in [0.25, 0.3) is 67.5 Å². The molecule has 0 bridgehead atoms. The molecule has 0 spiro atoms. The third-order valence-electron chi connectivity index (χ3n) is 11.6. The number of aromatic nitrogens is 3. The van der Waals surface area contributed by atoms with Crippen LogP contribution < -0.4 is 5.32 Å². The lowest BCUT2D eigenvalue weighted by molar-refractivity contribution is 0.661. The van der Waals surface area contributed by atoms with Gasteiger partial charge in [0.25, 0.3) is 0 Å². The van der Waals surface area contributed by atoms with Crippen molar-refractivity contribution in [3.63, 3.8) is 0 Å². The average molecular weight is 772 g/mol. The van der Waals surface area contributed by atoms with E-state index < -0.39 is 0 Å². The first-order chi connectivity index (χ1) is 29.4. The van der Waals surface area contributed by atoms with Crippen molar-refractivity contribution in [2.24, 2.45) is 0 Å². The first kappa shape index (κ1) is 36.6. The van der Waals surface area contributed by atoms with Gasteiger partial charge in [0.15, 0.2) is 17.5 Å². The number of nitrogens with zero attached hydrogens (tertiary/aromatic N) is 3. The van der Waals surface area contributed by atoms with Gasteiger partial charge in [-0.15, -0.1) is 0 Å². The highest BCUT2D eigenvalue weighted by Crippen LogP contribution is 2.50. The van der Waals surface area contributed by atoms with Gasteiger partial charge in [-0.05, 0) is 87.0 Å². The van der Waals surface area contributed by atoms with Crippen LogP contribution >= 0.6 is 0 Å². The van der Waals surface area contributed by atoms with E-state index in [0.717, 1.165) is 61.4 Å². The maximum atomic E-state index is 9.63. The summed E-state index contributed by atoms with van der Waals surface area (Å²) in [5, 5.41) is 13.2. The van der Waals surface area contributed by atoms with Crippen molar-refractivity contribution in [3.8, 4) is 67.5 Å². The number of benzene rings is 8. The second kappa shape index (κ2) is 15.2. The average Bonchev–Trinajstić information content (AvgIpc) is 3.54. The molecule has 2 N–H and O–H groups in total. The zero-order valence-electron chi connectivity index (χ0n) is 33.4. The lowest BCUT2D eigenvalue weighted by atomic mass is 9.81. The summed E-state index contributed by atoms with van der Waals surface area (Å²) in [5.74, 6) is 1.94. The van der Waals surface area contributed by atoms with Crippen LogP contribution in [0.2, 0.25) is 0 Å². The van der Waals surface area contributed by atoms with E-state index in [2.05, 4.69) is 104 Å². The van der Waals surface area contributed by atoms with Gasteiger partial charge < -0.3 is 5.32 Å². The van der Waals surface area contributed by atoms with E-state index in [0.29, 0.717) is 23.2 Å². The Morgan fingerprint density at radius 3 is 1.47 bits per heavy atom. The van der Waals surface area contributed by atoms with E-state index >= 15 is 0 Å². The van der Waals surface area contributed by atoms with Crippen molar-refractivity contribution < 1.29 is 0 Å². The molecule has 8 aromatic carbocycles. The molecule has 10 rings (SSSR count). The largest absolute Gasteiger partial charge is 0.355 e. The summed E-state index contributed by atoms with van der Waals surface area (Å²) in [4.78, 5) is 14.9. The van der Waals surface area contributed by atoms with Gasteiger partial charge >= 0.3 is 0 Å². The summed E-state index contributed by atoms with van der Waals surface area (Å²) in [6, 6.07) is 68.8. The summed E-state index contributed by atoms with van der Waals surface area (Å²) in [5.41, 5.74) is 15.9. The van der Waals surface area contributed by atoms with E-state index in [4.69, 9.17) is 15.0 Å². The van der Waals surface area contributed by atoms with Crippen LogP contribution in [0.5, 0.6) is 0 Å². The highest BCUT2D eigenvalue weighted by atomic mass is 15.0. The number of nitrogens with one attached hydrogen (secondary N) is 2. The number of hydrogen-bond acceptors (Lipinski definition) is 5. The number of para-hydroxylation sites is 1. The zero-order chi connectivity index (χ0) is 40.6. The monoisotopic (exact) mass is 771 g/mol. The SMILES string of the molecule is CC1(C)c2cc(-c3cccc(C(=N)c4cc(-c5ccccc5)ccc4Nc4ccccc4)c3)ccc2-c2ccc(-c3nc(-c4ccccc4)nc(-c4ccccc4)n3)cc21. The number of anilines is 2. The predicted molar refractivity (Wildman–Crippen MR) is 247 cm³/mol. The standard InChI is InChI=1S/C55H41N5/c1-55(2)48-34-41(39-22-15-23-42(32-39)51(56)47-33-40(36-16-7-3-8-17-36)28-31-50(47)57-44-24-13-6-14-25-44)26-29-45(48)46-30-27-43(35-49(46)55)54-59-52(37-18-9-4-10-19-37)58-53(60-54)38-20-11-5-12-21-38/h3-35,56-57H,1-2H3. The molecule has 0 unspecified atom stereocenters. The van der Waals surface area contributed by atoms with Crippen LogP contribution in [0, 0.1) is 5.41 Å². The number of rotatable bonds is 9. The van der Waals surface area contributed by atoms with Crippen LogP contribution in [-0.4, -0.2) is 20.7 Å². The van der Waals surface area contributed by atoms with Gasteiger partial charge in [-0.3, -0.25) is 5.41 Å². The Bertz CT molecular complexity index is 2970. The lowest BCUT2D eigenvalue weighted by Crippen LogP contribution is -2.15. The van der Waals surface area contributed by atoms with Crippen molar-refractivity contribution in [3.05, 3.63) is 222 Å². The molecule has 60 heavy (non-hydrogen) atoms. The van der Waals surface area contributed by atoms with Crippen LogP contribution in [0.1, 0.15) is 36.1 Å². The first-order valence-corrected chi connectivity index (χ1v) is 20.3. The molecule has 286 valence electrons. The minimum Gasteiger partial charge on any atom is -0.355 e. The maximum absolute atomic E-state index is 9.63. The second-order valence-electron chi connectivity index (χ2n) is 15.8. The fraction of sp³-hybridized carbons (Fsp3) is 0.0545. The fourth-order valence-electron chi connectivity index (χ4n) is 8.35. The van der Waals surface area contributed by atoms with E-state index in [9.17, 15) is 5.41 Å². The van der Waals surface area contributed by atoms with Gasteiger partial charge in [0.05, 0.1) is 5.71 Å². The molecule has 0 amide bonds. The smallest absolute Gasteiger partial charge is 0.164 e. The Morgan fingerprint density at radius 1 is 0.417 bits per heavy atom. The summed E-state index contributed by atoms with van der Waals surface area (Å²) in [7, 11) is 0. The van der Waals surface area contributed by atoms with Gasteiger partial charge in [-0.25, -0.2) is 15.0 Å². The van der Waals surface area contributed by atoms with Crippen molar-refractivity contribution >= 4 is 17.1 Å². The molecular weight excluding hydrogens is 731 g/mol. The first-order valence-electron chi connectivity index (χ1n) is 20.3. The summed E-state index contributed by atoms with van der Waals surface area (Å²) in [6.45, 7) is 4.60. The molecule has 0 radical (unpaired) electrons. The molecule has 5 nitrogen and oxygen atoms in total. The van der Waals surface area contributed by atoms with Crippen molar-refractivity contribution in [1.82, 2.24) is 15.0 Å². The maximum Gasteiger partial charge on any atom is 0.164 e.